The number of benzene rings is 4. The molecule has 1 fully saturated rings. The standard InChI is InChI=1S/C40H35ClF2N4O5/c1-50-35-23-29-31(24-36(35)51-21-7-20-46-18-5-2-6-19-46)44-17-16-33(29)52-34-15-12-26(22-30(34)43)45-39(48)37-38(41)28-8-3-4-9-32(28)47(40(37)49)27-13-10-25(42)11-14-27/h3-4,8-17,22-24H,2,5-7,18-21H2,1H3,(H,45,48). The Morgan fingerprint density at radius 3 is 2.44 bits per heavy atom. The van der Waals surface area contributed by atoms with Crippen molar-refractivity contribution in [1.82, 2.24) is 14.5 Å². The van der Waals surface area contributed by atoms with E-state index in [1.54, 1.807) is 55.8 Å². The van der Waals surface area contributed by atoms with Gasteiger partial charge in [-0.25, -0.2) is 8.78 Å². The Balaban J connectivity index is 1.10. The van der Waals surface area contributed by atoms with Gasteiger partial charge in [-0.2, -0.15) is 0 Å². The molecule has 1 saturated heterocycles. The lowest BCUT2D eigenvalue weighted by Gasteiger charge is -2.26. The molecule has 3 heterocycles. The molecule has 0 atom stereocenters. The zero-order valence-corrected chi connectivity index (χ0v) is 29.1. The molecule has 0 aliphatic carbocycles. The van der Waals surface area contributed by atoms with Gasteiger partial charge in [-0.05, 0) is 86.9 Å². The van der Waals surface area contributed by atoms with Gasteiger partial charge in [0.15, 0.2) is 23.1 Å². The molecule has 266 valence electrons. The summed E-state index contributed by atoms with van der Waals surface area (Å²) in [5.74, 6) is -0.816. The topological polar surface area (TPSA) is 94.9 Å². The minimum Gasteiger partial charge on any atom is -0.493 e. The minimum atomic E-state index is -0.846. The van der Waals surface area contributed by atoms with Gasteiger partial charge in [-0.1, -0.05) is 36.2 Å². The number of amides is 1. The molecule has 9 nitrogen and oxygen atoms in total. The number of carbonyl (C=O) groups is 1. The van der Waals surface area contributed by atoms with Gasteiger partial charge in [0.2, 0.25) is 0 Å². The fourth-order valence-corrected chi connectivity index (χ4v) is 6.79. The SMILES string of the molecule is COc1cc2c(Oc3ccc(NC(=O)c4c(Cl)c5ccccc5n(-c5ccc(F)cc5)c4=O)cc3F)ccnc2cc1OCCCN1CCCCC1. The van der Waals surface area contributed by atoms with Crippen LogP contribution in [0.2, 0.25) is 5.02 Å². The molecular formula is C40H35ClF2N4O5. The van der Waals surface area contributed by atoms with Crippen LogP contribution in [-0.4, -0.2) is 53.7 Å². The number of carbonyl (C=O) groups excluding carboxylic acids is 1. The van der Waals surface area contributed by atoms with Crippen LogP contribution in [0.1, 0.15) is 36.0 Å². The number of fused-ring (bicyclic) bond motifs is 2. The van der Waals surface area contributed by atoms with Gasteiger partial charge in [0, 0.05) is 47.0 Å². The van der Waals surface area contributed by atoms with Gasteiger partial charge in [0.1, 0.15) is 17.1 Å². The number of ether oxygens (including phenoxy) is 3. The van der Waals surface area contributed by atoms with Crippen LogP contribution in [0.15, 0.2) is 95.9 Å². The average Bonchev–Trinajstić information content (AvgIpc) is 3.15. The first-order valence-corrected chi connectivity index (χ1v) is 17.4. The molecule has 1 aliphatic heterocycles. The summed E-state index contributed by atoms with van der Waals surface area (Å²) in [5.41, 5.74) is 0.338. The number of hydrogen-bond donors (Lipinski definition) is 1. The number of anilines is 1. The third kappa shape index (κ3) is 7.28. The molecule has 4 aromatic carbocycles. The van der Waals surface area contributed by atoms with E-state index in [0.717, 1.165) is 32.1 Å². The van der Waals surface area contributed by atoms with E-state index in [1.807, 2.05) is 0 Å². The van der Waals surface area contributed by atoms with Gasteiger partial charge in [0.25, 0.3) is 11.5 Å². The molecule has 52 heavy (non-hydrogen) atoms. The van der Waals surface area contributed by atoms with E-state index >= 15 is 4.39 Å². The molecule has 2 aromatic heterocycles. The number of rotatable bonds is 11. The first-order valence-electron chi connectivity index (χ1n) is 17.0. The number of piperidine rings is 1. The second-order valence-corrected chi connectivity index (χ2v) is 12.8. The number of hydrogen-bond acceptors (Lipinski definition) is 7. The van der Waals surface area contributed by atoms with E-state index in [0.29, 0.717) is 51.3 Å². The third-order valence-electron chi connectivity index (χ3n) is 9.05. The number of para-hydroxylation sites is 1. The molecule has 0 spiro atoms. The van der Waals surface area contributed by atoms with Crippen molar-refractivity contribution in [2.45, 2.75) is 25.7 Å². The van der Waals surface area contributed by atoms with Crippen LogP contribution in [0.25, 0.3) is 27.5 Å². The molecule has 6 aromatic rings. The van der Waals surface area contributed by atoms with Crippen molar-refractivity contribution in [3.63, 3.8) is 0 Å². The highest BCUT2D eigenvalue weighted by atomic mass is 35.5. The van der Waals surface area contributed by atoms with Crippen molar-refractivity contribution >= 4 is 45.0 Å². The number of nitrogens with one attached hydrogen (secondary N) is 1. The van der Waals surface area contributed by atoms with Crippen molar-refractivity contribution in [1.29, 1.82) is 0 Å². The van der Waals surface area contributed by atoms with Crippen LogP contribution in [0.3, 0.4) is 0 Å². The number of halogens is 3. The summed E-state index contributed by atoms with van der Waals surface area (Å²) in [6.07, 6.45) is 6.22. The highest BCUT2D eigenvalue weighted by Crippen LogP contribution is 2.38. The maximum Gasteiger partial charge on any atom is 0.270 e. The van der Waals surface area contributed by atoms with Crippen molar-refractivity contribution in [2.24, 2.45) is 0 Å². The summed E-state index contributed by atoms with van der Waals surface area (Å²) in [6.45, 7) is 3.77. The summed E-state index contributed by atoms with van der Waals surface area (Å²) in [4.78, 5) is 34.2. The highest BCUT2D eigenvalue weighted by Gasteiger charge is 2.23. The Morgan fingerprint density at radius 2 is 1.67 bits per heavy atom. The number of likely N-dealkylation sites (tertiary alicyclic amines) is 1. The molecule has 12 heteroatoms. The van der Waals surface area contributed by atoms with Crippen molar-refractivity contribution in [3.8, 4) is 28.7 Å². The molecule has 1 aliphatic rings. The van der Waals surface area contributed by atoms with Crippen LogP contribution < -0.4 is 25.1 Å². The monoisotopic (exact) mass is 724 g/mol. The van der Waals surface area contributed by atoms with Crippen molar-refractivity contribution in [3.05, 3.63) is 124 Å². The molecule has 1 amide bonds. The lowest BCUT2D eigenvalue weighted by Crippen LogP contribution is -2.31. The lowest BCUT2D eigenvalue weighted by molar-refractivity contribution is 0.102. The number of pyridine rings is 2. The summed E-state index contributed by atoms with van der Waals surface area (Å²) >= 11 is 6.63. The molecule has 1 N–H and O–H groups in total. The van der Waals surface area contributed by atoms with Crippen LogP contribution in [0.5, 0.6) is 23.0 Å². The number of nitrogens with zero attached hydrogens (tertiary/aromatic N) is 3. The summed E-state index contributed by atoms with van der Waals surface area (Å²) in [5, 5.41) is 3.53. The van der Waals surface area contributed by atoms with Crippen LogP contribution in [0.4, 0.5) is 14.5 Å². The van der Waals surface area contributed by atoms with Crippen LogP contribution in [-0.2, 0) is 0 Å². The van der Waals surface area contributed by atoms with E-state index in [-0.39, 0.29) is 22.0 Å². The van der Waals surface area contributed by atoms with Gasteiger partial charge in [-0.15, -0.1) is 0 Å². The maximum atomic E-state index is 15.5. The largest absolute Gasteiger partial charge is 0.493 e. The maximum absolute atomic E-state index is 15.5. The van der Waals surface area contributed by atoms with Crippen molar-refractivity contribution in [2.75, 3.05) is 38.7 Å². The fourth-order valence-electron chi connectivity index (χ4n) is 6.46. The van der Waals surface area contributed by atoms with E-state index in [4.69, 9.17) is 25.8 Å². The lowest BCUT2D eigenvalue weighted by atomic mass is 10.1. The van der Waals surface area contributed by atoms with E-state index in [2.05, 4.69) is 15.2 Å². The average molecular weight is 725 g/mol. The van der Waals surface area contributed by atoms with E-state index in [9.17, 15) is 14.0 Å². The smallest absolute Gasteiger partial charge is 0.270 e. The Kier molecular flexibility index (Phi) is 10.3. The summed E-state index contributed by atoms with van der Waals surface area (Å²) < 4.78 is 48.2. The third-order valence-corrected chi connectivity index (χ3v) is 9.44. The Hall–Kier alpha value is -5.52. The summed E-state index contributed by atoms with van der Waals surface area (Å²) in [6, 6.07) is 21.1. The quantitative estimate of drug-likeness (QED) is 0.134. The normalized spacial score (nSPS) is 13.3. The second kappa shape index (κ2) is 15.4. The number of methoxy groups -OCH3 is 1. The molecule has 0 bridgehead atoms. The van der Waals surface area contributed by atoms with Gasteiger partial charge < -0.3 is 24.4 Å². The molecular weight excluding hydrogens is 690 g/mol. The van der Waals surface area contributed by atoms with Gasteiger partial charge in [0.05, 0.1) is 29.8 Å². The van der Waals surface area contributed by atoms with E-state index < -0.39 is 23.1 Å². The predicted octanol–water partition coefficient (Wildman–Crippen LogP) is 8.78. The zero-order chi connectivity index (χ0) is 36.2. The Morgan fingerprint density at radius 1 is 0.885 bits per heavy atom. The molecule has 0 saturated carbocycles. The molecule has 0 unspecified atom stereocenters. The van der Waals surface area contributed by atoms with Gasteiger partial charge >= 0.3 is 0 Å². The van der Waals surface area contributed by atoms with Gasteiger partial charge in [-0.3, -0.25) is 19.1 Å². The minimum absolute atomic E-state index is 0.0649. The Labute approximate surface area is 303 Å². The highest BCUT2D eigenvalue weighted by molar-refractivity contribution is 6.39. The van der Waals surface area contributed by atoms with Crippen molar-refractivity contribution < 1.29 is 27.8 Å². The van der Waals surface area contributed by atoms with E-state index in [1.165, 1.54) is 60.2 Å². The summed E-state index contributed by atoms with van der Waals surface area (Å²) in [7, 11) is 1.55. The molecule has 0 radical (unpaired) electrons. The first kappa shape index (κ1) is 34.9. The fraction of sp³-hybridized carbons (Fsp3) is 0.225. The first-order chi connectivity index (χ1) is 25.3. The second-order valence-electron chi connectivity index (χ2n) is 12.5. The number of aromatic nitrogens is 2. The van der Waals surface area contributed by atoms with Crippen LogP contribution >= 0.6 is 11.6 Å². The predicted molar refractivity (Wildman–Crippen MR) is 198 cm³/mol. The van der Waals surface area contributed by atoms with Crippen LogP contribution in [0, 0.1) is 11.6 Å². The zero-order valence-electron chi connectivity index (χ0n) is 28.3. The Bertz CT molecular complexity index is 2330. The molecule has 7 rings (SSSR count).